The van der Waals surface area contributed by atoms with Gasteiger partial charge in [-0.1, -0.05) is 15.9 Å². The Morgan fingerprint density at radius 3 is 2.53 bits per heavy atom. The van der Waals surface area contributed by atoms with Gasteiger partial charge < -0.3 is 0 Å². The largest absolute Gasteiger partial charge is 0.289 e. The van der Waals surface area contributed by atoms with Crippen LogP contribution in [0.3, 0.4) is 0 Å². The van der Waals surface area contributed by atoms with Crippen LogP contribution in [0.15, 0.2) is 28.7 Å². The van der Waals surface area contributed by atoms with Gasteiger partial charge in [-0.3, -0.25) is 4.79 Å². The van der Waals surface area contributed by atoms with Crippen LogP contribution in [0, 0.1) is 17.4 Å². The second kappa shape index (κ2) is 5.20. The third-order valence-corrected chi connectivity index (χ3v) is 4.79. The van der Waals surface area contributed by atoms with Crippen molar-refractivity contribution in [1.82, 2.24) is 0 Å². The van der Waals surface area contributed by atoms with Gasteiger partial charge in [0.05, 0.1) is 0 Å². The molecule has 0 aliphatic heterocycles. The van der Waals surface area contributed by atoms with Crippen LogP contribution in [0.4, 0.5) is 0 Å². The average molecular weight is 421 g/mol. The third-order valence-electron chi connectivity index (χ3n) is 2.46. The number of ketones is 1. The molecule has 0 aliphatic rings. The van der Waals surface area contributed by atoms with Crippen LogP contribution >= 0.6 is 49.9 Å². The highest BCUT2D eigenvalue weighted by Gasteiger charge is 2.16. The zero-order valence-corrected chi connectivity index (χ0v) is 13.9. The lowest BCUT2D eigenvalue weighted by molar-refractivity contribution is 0.103. The SMILES string of the molecule is Cc1cc(C(=O)c2cc(I)ccc2Br)c(C)s1. The molecular weight excluding hydrogens is 411 g/mol. The smallest absolute Gasteiger partial charge is 0.195 e. The summed E-state index contributed by atoms with van der Waals surface area (Å²) in [4.78, 5) is 14.7. The molecule has 1 aromatic heterocycles. The minimum atomic E-state index is 0.0947. The fourth-order valence-corrected chi connectivity index (χ4v) is 3.51. The summed E-state index contributed by atoms with van der Waals surface area (Å²) >= 11 is 7.32. The van der Waals surface area contributed by atoms with Gasteiger partial charge in [0.1, 0.15) is 0 Å². The number of halogens is 2. The number of thiophene rings is 1. The maximum atomic E-state index is 12.4. The summed E-state index contributed by atoms with van der Waals surface area (Å²) < 4.78 is 1.92. The standard InChI is InChI=1S/C13H10BrIOS/c1-7-5-10(8(2)17-7)13(16)11-6-9(15)3-4-12(11)14/h3-6H,1-2H3. The zero-order valence-electron chi connectivity index (χ0n) is 9.38. The highest BCUT2D eigenvalue weighted by molar-refractivity contribution is 14.1. The maximum Gasteiger partial charge on any atom is 0.195 e. The van der Waals surface area contributed by atoms with Gasteiger partial charge >= 0.3 is 0 Å². The van der Waals surface area contributed by atoms with Crippen molar-refractivity contribution in [3.05, 3.63) is 53.2 Å². The first kappa shape index (κ1) is 13.2. The molecule has 0 radical (unpaired) electrons. The fraction of sp³-hybridized carbons (Fsp3) is 0.154. The van der Waals surface area contributed by atoms with E-state index in [4.69, 9.17) is 0 Å². The van der Waals surface area contributed by atoms with Gasteiger partial charge in [0.2, 0.25) is 0 Å². The summed E-state index contributed by atoms with van der Waals surface area (Å²) in [5.41, 5.74) is 1.55. The number of hydrogen-bond donors (Lipinski definition) is 0. The van der Waals surface area contributed by atoms with Gasteiger partial charge in [-0.05, 0) is 60.7 Å². The van der Waals surface area contributed by atoms with Crippen LogP contribution < -0.4 is 0 Å². The van der Waals surface area contributed by atoms with E-state index >= 15 is 0 Å². The normalized spacial score (nSPS) is 10.6. The summed E-state index contributed by atoms with van der Waals surface area (Å²) in [7, 11) is 0. The summed E-state index contributed by atoms with van der Waals surface area (Å²) in [5.74, 6) is 0.0947. The van der Waals surface area contributed by atoms with Gasteiger partial charge in [0, 0.05) is 28.9 Å². The van der Waals surface area contributed by atoms with Crippen molar-refractivity contribution in [2.45, 2.75) is 13.8 Å². The maximum absolute atomic E-state index is 12.4. The van der Waals surface area contributed by atoms with Crippen molar-refractivity contribution in [2.75, 3.05) is 0 Å². The summed E-state index contributed by atoms with van der Waals surface area (Å²) in [6, 6.07) is 7.78. The Morgan fingerprint density at radius 1 is 1.24 bits per heavy atom. The second-order valence-electron chi connectivity index (χ2n) is 3.78. The Kier molecular flexibility index (Phi) is 4.05. The van der Waals surface area contributed by atoms with Crippen LogP contribution in [-0.2, 0) is 0 Å². The molecule has 1 heterocycles. The topological polar surface area (TPSA) is 17.1 Å². The van der Waals surface area contributed by atoms with Crippen molar-refractivity contribution in [2.24, 2.45) is 0 Å². The van der Waals surface area contributed by atoms with E-state index in [-0.39, 0.29) is 5.78 Å². The van der Waals surface area contributed by atoms with E-state index in [0.29, 0.717) is 0 Å². The molecular formula is C13H10BrIOS. The van der Waals surface area contributed by atoms with Crippen LogP contribution in [0.2, 0.25) is 0 Å². The number of hydrogen-bond acceptors (Lipinski definition) is 2. The average Bonchev–Trinajstić information content (AvgIpc) is 2.60. The molecule has 0 saturated heterocycles. The number of benzene rings is 1. The molecule has 1 nitrogen and oxygen atoms in total. The van der Waals surface area contributed by atoms with Gasteiger partial charge in [-0.2, -0.15) is 0 Å². The van der Waals surface area contributed by atoms with E-state index < -0.39 is 0 Å². The molecule has 1 aromatic carbocycles. The van der Waals surface area contributed by atoms with E-state index in [1.54, 1.807) is 11.3 Å². The van der Waals surface area contributed by atoms with Gasteiger partial charge in [0.25, 0.3) is 0 Å². The van der Waals surface area contributed by atoms with Crippen molar-refractivity contribution in [1.29, 1.82) is 0 Å². The predicted octanol–water partition coefficient (Wildman–Crippen LogP) is 4.96. The molecule has 0 bridgehead atoms. The molecule has 0 spiro atoms. The molecule has 0 saturated carbocycles. The quantitative estimate of drug-likeness (QED) is 0.495. The van der Waals surface area contributed by atoms with Crippen molar-refractivity contribution >= 4 is 55.6 Å². The van der Waals surface area contributed by atoms with E-state index in [1.807, 2.05) is 38.1 Å². The van der Waals surface area contributed by atoms with Crippen LogP contribution in [0.25, 0.3) is 0 Å². The fourth-order valence-electron chi connectivity index (χ4n) is 1.67. The Labute approximate surface area is 127 Å². The molecule has 0 atom stereocenters. The number of carbonyl (C=O) groups is 1. The number of carbonyl (C=O) groups excluding carboxylic acids is 1. The summed E-state index contributed by atoms with van der Waals surface area (Å²) in [6.07, 6.45) is 0. The molecule has 2 aromatic rings. The minimum Gasteiger partial charge on any atom is -0.289 e. The highest BCUT2D eigenvalue weighted by atomic mass is 127. The van der Waals surface area contributed by atoms with E-state index in [1.165, 1.54) is 4.88 Å². The molecule has 4 heteroatoms. The Morgan fingerprint density at radius 2 is 1.94 bits per heavy atom. The molecule has 0 amide bonds. The Hall–Kier alpha value is -0.200. The van der Waals surface area contributed by atoms with Crippen molar-refractivity contribution < 1.29 is 4.79 Å². The highest BCUT2D eigenvalue weighted by Crippen LogP contribution is 2.27. The van der Waals surface area contributed by atoms with Gasteiger partial charge in [-0.15, -0.1) is 11.3 Å². The second-order valence-corrected chi connectivity index (χ2v) is 7.34. The molecule has 17 heavy (non-hydrogen) atoms. The van der Waals surface area contributed by atoms with Crippen molar-refractivity contribution in [3.8, 4) is 0 Å². The molecule has 88 valence electrons. The van der Waals surface area contributed by atoms with Crippen LogP contribution in [0.5, 0.6) is 0 Å². The lowest BCUT2D eigenvalue weighted by Gasteiger charge is -2.04. The number of aryl methyl sites for hydroxylation is 2. The van der Waals surface area contributed by atoms with Crippen LogP contribution in [0.1, 0.15) is 25.7 Å². The van der Waals surface area contributed by atoms with Gasteiger partial charge in [0.15, 0.2) is 5.78 Å². The molecule has 0 aliphatic carbocycles. The molecule has 0 N–H and O–H groups in total. The predicted molar refractivity (Wildman–Crippen MR) is 84.1 cm³/mol. The Balaban J connectivity index is 2.50. The lowest BCUT2D eigenvalue weighted by atomic mass is 10.0. The molecule has 0 fully saturated rings. The number of rotatable bonds is 2. The van der Waals surface area contributed by atoms with E-state index in [2.05, 4.69) is 38.5 Å². The summed E-state index contributed by atoms with van der Waals surface area (Å²) in [5, 5.41) is 0. The molecule has 0 unspecified atom stereocenters. The first-order chi connectivity index (χ1) is 7.99. The summed E-state index contributed by atoms with van der Waals surface area (Å²) in [6.45, 7) is 4.02. The third kappa shape index (κ3) is 2.80. The van der Waals surface area contributed by atoms with Gasteiger partial charge in [-0.25, -0.2) is 0 Å². The minimum absolute atomic E-state index is 0.0947. The van der Waals surface area contributed by atoms with E-state index in [0.717, 1.165) is 24.0 Å². The van der Waals surface area contributed by atoms with Crippen molar-refractivity contribution in [3.63, 3.8) is 0 Å². The monoisotopic (exact) mass is 420 g/mol. The van der Waals surface area contributed by atoms with E-state index in [9.17, 15) is 4.79 Å². The first-order valence-electron chi connectivity index (χ1n) is 5.06. The lowest BCUT2D eigenvalue weighted by Crippen LogP contribution is -2.02. The zero-order chi connectivity index (χ0) is 12.6. The Bertz CT molecular complexity index is 589. The van der Waals surface area contributed by atoms with Crippen LogP contribution in [-0.4, -0.2) is 5.78 Å². The molecule has 2 rings (SSSR count). The first-order valence-corrected chi connectivity index (χ1v) is 7.74.